The number of piperidine rings is 1. The number of rotatable bonds is 3. The van der Waals surface area contributed by atoms with Crippen molar-refractivity contribution in [1.29, 1.82) is 0 Å². The number of hydrogen-bond acceptors (Lipinski definition) is 3. The second-order valence-electron chi connectivity index (χ2n) is 4.91. The van der Waals surface area contributed by atoms with E-state index in [9.17, 15) is 4.39 Å². The van der Waals surface area contributed by atoms with E-state index in [2.05, 4.69) is 4.90 Å². The number of benzene rings is 1. The normalized spacial score (nSPS) is 22.0. The first-order chi connectivity index (χ1) is 8.63. The van der Waals surface area contributed by atoms with Gasteiger partial charge in [-0.05, 0) is 31.9 Å². The van der Waals surface area contributed by atoms with Crippen molar-refractivity contribution < 1.29 is 9.13 Å². The molecule has 2 N–H and O–H groups in total. The van der Waals surface area contributed by atoms with Crippen LogP contribution in [0.25, 0.3) is 0 Å². The van der Waals surface area contributed by atoms with E-state index in [4.69, 9.17) is 10.5 Å². The molecule has 1 fully saturated rings. The van der Waals surface area contributed by atoms with Gasteiger partial charge in [-0.15, -0.1) is 0 Å². The Morgan fingerprint density at radius 2 is 2.28 bits per heavy atom. The van der Waals surface area contributed by atoms with Crippen LogP contribution in [-0.2, 0) is 4.74 Å². The van der Waals surface area contributed by atoms with Crippen molar-refractivity contribution in [3.05, 3.63) is 29.6 Å². The monoisotopic (exact) mass is 252 g/mol. The molecule has 1 aromatic carbocycles. The average molecular weight is 252 g/mol. The summed E-state index contributed by atoms with van der Waals surface area (Å²) >= 11 is 0. The third kappa shape index (κ3) is 2.65. The molecule has 0 radical (unpaired) electrons. The first kappa shape index (κ1) is 13.3. The summed E-state index contributed by atoms with van der Waals surface area (Å²) < 4.78 is 19.3. The van der Waals surface area contributed by atoms with Crippen molar-refractivity contribution in [3.8, 4) is 0 Å². The minimum Gasteiger partial charge on any atom is -0.380 e. The Bertz CT molecular complexity index is 409. The third-order valence-corrected chi connectivity index (χ3v) is 3.54. The number of ether oxygens (including phenoxy) is 1. The summed E-state index contributed by atoms with van der Waals surface area (Å²) in [5.41, 5.74) is 7.41. The summed E-state index contributed by atoms with van der Waals surface area (Å²) in [6.07, 6.45) is 2.35. The predicted molar refractivity (Wildman–Crippen MR) is 71.2 cm³/mol. The van der Waals surface area contributed by atoms with Crippen molar-refractivity contribution in [2.45, 2.75) is 31.9 Å². The van der Waals surface area contributed by atoms with E-state index in [1.165, 1.54) is 6.07 Å². The average Bonchev–Trinajstić information content (AvgIpc) is 2.38. The summed E-state index contributed by atoms with van der Waals surface area (Å²) in [5.74, 6) is -0.220. The van der Waals surface area contributed by atoms with Gasteiger partial charge in [0.1, 0.15) is 5.82 Å². The standard InChI is InChI=1S/C14H21FN2O/c1-10(16)14-12(15)6-3-7-13(14)17-8-4-5-11(9-17)18-2/h3,6-7,10-11H,4-5,8-9,16H2,1-2H3. The molecule has 0 bridgehead atoms. The van der Waals surface area contributed by atoms with Crippen LogP contribution in [0.2, 0.25) is 0 Å². The van der Waals surface area contributed by atoms with Crippen LogP contribution in [0.4, 0.5) is 10.1 Å². The van der Waals surface area contributed by atoms with Gasteiger partial charge in [0, 0.05) is 37.5 Å². The zero-order valence-electron chi connectivity index (χ0n) is 11.0. The highest BCUT2D eigenvalue weighted by molar-refractivity contribution is 5.56. The molecule has 0 aromatic heterocycles. The maximum Gasteiger partial charge on any atom is 0.130 e. The summed E-state index contributed by atoms with van der Waals surface area (Å²) in [6.45, 7) is 3.56. The lowest BCUT2D eigenvalue weighted by Crippen LogP contribution is -2.40. The molecule has 1 aromatic rings. The molecule has 2 rings (SSSR count). The molecular formula is C14H21FN2O. The Balaban J connectivity index is 2.29. The SMILES string of the molecule is COC1CCCN(c2cccc(F)c2C(C)N)C1. The van der Waals surface area contributed by atoms with Gasteiger partial charge in [0.15, 0.2) is 0 Å². The van der Waals surface area contributed by atoms with Crippen molar-refractivity contribution in [3.63, 3.8) is 0 Å². The van der Waals surface area contributed by atoms with E-state index in [0.29, 0.717) is 5.56 Å². The summed E-state index contributed by atoms with van der Waals surface area (Å²) in [4.78, 5) is 2.18. The van der Waals surface area contributed by atoms with Crippen LogP contribution in [0, 0.1) is 5.82 Å². The molecule has 1 aliphatic heterocycles. The molecular weight excluding hydrogens is 231 g/mol. The number of halogens is 1. The zero-order chi connectivity index (χ0) is 13.1. The lowest BCUT2D eigenvalue weighted by atomic mass is 10.0. The molecule has 2 atom stereocenters. The summed E-state index contributed by atoms with van der Waals surface area (Å²) in [7, 11) is 1.73. The highest BCUT2D eigenvalue weighted by atomic mass is 19.1. The third-order valence-electron chi connectivity index (χ3n) is 3.54. The minimum atomic E-state index is -0.302. The Hall–Kier alpha value is -1.13. The van der Waals surface area contributed by atoms with Crippen LogP contribution in [0.1, 0.15) is 31.4 Å². The summed E-state index contributed by atoms with van der Waals surface area (Å²) in [6, 6.07) is 4.86. The van der Waals surface area contributed by atoms with E-state index in [-0.39, 0.29) is 18.0 Å². The Labute approximate surface area is 108 Å². The van der Waals surface area contributed by atoms with Crippen LogP contribution >= 0.6 is 0 Å². The van der Waals surface area contributed by atoms with E-state index >= 15 is 0 Å². The molecule has 4 heteroatoms. The Morgan fingerprint density at radius 1 is 1.50 bits per heavy atom. The van der Waals surface area contributed by atoms with Crippen LogP contribution in [0.5, 0.6) is 0 Å². The fourth-order valence-electron chi connectivity index (χ4n) is 2.60. The first-order valence-corrected chi connectivity index (χ1v) is 6.45. The van der Waals surface area contributed by atoms with Gasteiger partial charge in [-0.1, -0.05) is 6.07 Å². The number of nitrogens with two attached hydrogens (primary N) is 1. The largest absolute Gasteiger partial charge is 0.380 e. The van der Waals surface area contributed by atoms with Crippen LogP contribution < -0.4 is 10.6 Å². The maximum atomic E-state index is 13.9. The number of methoxy groups -OCH3 is 1. The highest BCUT2D eigenvalue weighted by Gasteiger charge is 2.23. The molecule has 0 aliphatic carbocycles. The van der Waals surface area contributed by atoms with Gasteiger partial charge in [-0.25, -0.2) is 4.39 Å². The molecule has 0 saturated carbocycles. The molecule has 1 saturated heterocycles. The molecule has 1 aliphatic rings. The van der Waals surface area contributed by atoms with E-state index in [1.807, 2.05) is 13.0 Å². The number of hydrogen-bond donors (Lipinski definition) is 1. The molecule has 3 nitrogen and oxygen atoms in total. The van der Waals surface area contributed by atoms with Gasteiger partial charge in [-0.3, -0.25) is 0 Å². The number of anilines is 1. The van der Waals surface area contributed by atoms with Crippen molar-refractivity contribution in [1.82, 2.24) is 0 Å². The molecule has 0 spiro atoms. The molecule has 100 valence electrons. The second-order valence-corrected chi connectivity index (χ2v) is 4.91. The van der Waals surface area contributed by atoms with Crippen molar-refractivity contribution in [2.24, 2.45) is 5.73 Å². The quantitative estimate of drug-likeness (QED) is 0.898. The topological polar surface area (TPSA) is 38.5 Å². The first-order valence-electron chi connectivity index (χ1n) is 6.45. The van der Waals surface area contributed by atoms with Gasteiger partial charge >= 0.3 is 0 Å². The fourth-order valence-corrected chi connectivity index (χ4v) is 2.60. The van der Waals surface area contributed by atoms with Gasteiger partial charge in [-0.2, -0.15) is 0 Å². The van der Waals surface area contributed by atoms with Crippen molar-refractivity contribution >= 4 is 5.69 Å². The Kier molecular flexibility index (Phi) is 4.19. The van der Waals surface area contributed by atoms with Gasteiger partial charge < -0.3 is 15.4 Å². The zero-order valence-corrected chi connectivity index (χ0v) is 11.0. The minimum absolute atomic E-state index is 0.220. The predicted octanol–water partition coefficient (Wildman–Crippen LogP) is 2.46. The lowest BCUT2D eigenvalue weighted by molar-refractivity contribution is 0.0892. The van der Waals surface area contributed by atoms with E-state index < -0.39 is 0 Å². The molecule has 0 amide bonds. The highest BCUT2D eigenvalue weighted by Crippen LogP contribution is 2.30. The lowest BCUT2D eigenvalue weighted by Gasteiger charge is -2.35. The van der Waals surface area contributed by atoms with Crippen LogP contribution in [0.3, 0.4) is 0 Å². The molecule has 2 unspecified atom stereocenters. The van der Waals surface area contributed by atoms with Crippen LogP contribution in [-0.4, -0.2) is 26.3 Å². The molecule has 1 heterocycles. The van der Waals surface area contributed by atoms with Crippen LogP contribution in [0.15, 0.2) is 18.2 Å². The Morgan fingerprint density at radius 3 is 2.94 bits per heavy atom. The summed E-state index contributed by atoms with van der Waals surface area (Å²) in [5, 5.41) is 0. The fraction of sp³-hybridized carbons (Fsp3) is 0.571. The smallest absolute Gasteiger partial charge is 0.130 e. The maximum absolute atomic E-state index is 13.9. The molecule has 18 heavy (non-hydrogen) atoms. The van der Waals surface area contributed by atoms with Gasteiger partial charge in [0.25, 0.3) is 0 Å². The van der Waals surface area contributed by atoms with Gasteiger partial charge in [0.2, 0.25) is 0 Å². The number of nitrogens with zero attached hydrogens (tertiary/aromatic N) is 1. The van der Waals surface area contributed by atoms with E-state index in [0.717, 1.165) is 31.6 Å². The van der Waals surface area contributed by atoms with E-state index in [1.54, 1.807) is 13.2 Å². The van der Waals surface area contributed by atoms with Gasteiger partial charge in [0.05, 0.1) is 6.10 Å². The second kappa shape index (κ2) is 5.67. The van der Waals surface area contributed by atoms with Crippen molar-refractivity contribution in [2.75, 3.05) is 25.1 Å².